The topological polar surface area (TPSA) is 91.3 Å². The fourth-order valence-corrected chi connectivity index (χ4v) is 4.35. The molecular formula is C27H26N4O3. The number of rotatable bonds is 8. The third kappa shape index (κ3) is 4.01. The lowest BCUT2D eigenvalue weighted by atomic mass is 9.95. The van der Waals surface area contributed by atoms with Crippen LogP contribution in [0.1, 0.15) is 53.0 Å². The van der Waals surface area contributed by atoms with Gasteiger partial charge in [-0.3, -0.25) is 14.9 Å². The van der Waals surface area contributed by atoms with E-state index in [2.05, 4.69) is 22.1 Å². The van der Waals surface area contributed by atoms with Gasteiger partial charge in [-0.1, -0.05) is 43.7 Å². The van der Waals surface area contributed by atoms with Crippen molar-refractivity contribution in [3.8, 4) is 22.8 Å². The molecule has 2 aromatic heterocycles. The Morgan fingerprint density at radius 1 is 1.09 bits per heavy atom. The molecule has 1 unspecified atom stereocenters. The highest BCUT2D eigenvalue weighted by molar-refractivity contribution is 6.00. The van der Waals surface area contributed by atoms with E-state index in [4.69, 9.17) is 4.74 Å². The van der Waals surface area contributed by atoms with Crippen LogP contribution >= 0.6 is 0 Å². The number of amides is 1. The Balaban J connectivity index is 1.57. The minimum Gasteiger partial charge on any atom is -0.507 e. The van der Waals surface area contributed by atoms with E-state index in [9.17, 15) is 9.90 Å². The lowest BCUT2D eigenvalue weighted by Crippen LogP contribution is -2.29. The molecule has 3 heterocycles. The van der Waals surface area contributed by atoms with Crippen molar-refractivity contribution < 1.29 is 14.6 Å². The number of hydrogen-bond acceptors (Lipinski definition) is 5. The Morgan fingerprint density at radius 3 is 2.65 bits per heavy atom. The first-order valence-corrected chi connectivity index (χ1v) is 11.5. The van der Waals surface area contributed by atoms with E-state index in [0.29, 0.717) is 30.1 Å². The molecule has 1 amide bonds. The van der Waals surface area contributed by atoms with Gasteiger partial charge in [0.15, 0.2) is 0 Å². The molecule has 4 aromatic rings. The van der Waals surface area contributed by atoms with Crippen LogP contribution in [0, 0.1) is 0 Å². The molecule has 34 heavy (non-hydrogen) atoms. The number of pyridine rings is 1. The largest absolute Gasteiger partial charge is 0.507 e. The number of aromatic hydroxyl groups is 1. The number of phenols is 1. The van der Waals surface area contributed by atoms with Crippen molar-refractivity contribution in [3.63, 3.8) is 0 Å². The van der Waals surface area contributed by atoms with Gasteiger partial charge in [0.2, 0.25) is 0 Å². The van der Waals surface area contributed by atoms with Gasteiger partial charge in [0.05, 0.1) is 12.6 Å². The molecular weight excluding hydrogens is 428 g/mol. The van der Waals surface area contributed by atoms with Gasteiger partial charge in [0.25, 0.3) is 5.91 Å². The zero-order valence-electron chi connectivity index (χ0n) is 18.9. The van der Waals surface area contributed by atoms with E-state index in [1.165, 1.54) is 0 Å². The monoisotopic (exact) mass is 454 g/mol. The molecule has 5 rings (SSSR count). The van der Waals surface area contributed by atoms with Crippen LogP contribution in [-0.2, 0) is 6.54 Å². The van der Waals surface area contributed by atoms with Crippen LogP contribution in [0.5, 0.6) is 11.5 Å². The van der Waals surface area contributed by atoms with E-state index in [1.807, 2.05) is 53.4 Å². The maximum atomic E-state index is 13.5. The van der Waals surface area contributed by atoms with E-state index in [0.717, 1.165) is 35.3 Å². The van der Waals surface area contributed by atoms with Crippen LogP contribution in [0.15, 0.2) is 73.1 Å². The van der Waals surface area contributed by atoms with Gasteiger partial charge >= 0.3 is 0 Å². The van der Waals surface area contributed by atoms with E-state index >= 15 is 0 Å². The summed E-state index contributed by atoms with van der Waals surface area (Å²) < 4.78 is 5.83. The zero-order valence-corrected chi connectivity index (χ0v) is 18.9. The number of benzene rings is 2. The number of fused-ring (bicyclic) bond motifs is 1. The number of nitrogens with one attached hydrogen (secondary N) is 1. The van der Waals surface area contributed by atoms with Gasteiger partial charge < -0.3 is 14.7 Å². The average molecular weight is 455 g/mol. The number of phenolic OH excluding ortho intramolecular Hbond substituents is 1. The first kappa shape index (κ1) is 21.7. The molecule has 1 aliphatic rings. The van der Waals surface area contributed by atoms with Gasteiger partial charge in [0.1, 0.15) is 22.9 Å². The predicted molar refractivity (Wildman–Crippen MR) is 128 cm³/mol. The van der Waals surface area contributed by atoms with Gasteiger partial charge in [-0.25, -0.2) is 0 Å². The number of carbonyl (C=O) groups excluding carboxylic acids is 1. The number of aromatic nitrogens is 3. The molecule has 0 saturated carbocycles. The van der Waals surface area contributed by atoms with Crippen LogP contribution in [0.4, 0.5) is 0 Å². The van der Waals surface area contributed by atoms with Crippen LogP contribution in [0.3, 0.4) is 0 Å². The maximum absolute atomic E-state index is 13.5. The highest BCUT2D eigenvalue weighted by atomic mass is 16.5. The van der Waals surface area contributed by atoms with Crippen LogP contribution in [0.25, 0.3) is 11.3 Å². The van der Waals surface area contributed by atoms with Crippen LogP contribution in [-0.4, -0.2) is 37.7 Å². The fourth-order valence-electron chi connectivity index (χ4n) is 4.35. The number of H-pyrrole nitrogens is 1. The molecule has 1 aliphatic heterocycles. The Morgan fingerprint density at radius 2 is 1.91 bits per heavy atom. The van der Waals surface area contributed by atoms with Crippen molar-refractivity contribution in [1.82, 2.24) is 20.1 Å². The number of ether oxygens (including phenoxy) is 1. The lowest BCUT2D eigenvalue weighted by molar-refractivity contribution is 0.0730. The fraction of sp³-hybridized carbons (Fsp3) is 0.222. The number of nitrogens with zero attached hydrogens (tertiary/aromatic N) is 3. The van der Waals surface area contributed by atoms with E-state index < -0.39 is 0 Å². The minimum atomic E-state index is -0.374. The number of carbonyl (C=O) groups is 1. The number of para-hydroxylation sites is 1. The molecule has 2 aromatic carbocycles. The van der Waals surface area contributed by atoms with Crippen LogP contribution in [0.2, 0.25) is 0 Å². The Bertz CT molecular complexity index is 1280. The summed E-state index contributed by atoms with van der Waals surface area (Å²) in [5.41, 5.74) is 4.23. The smallest absolute Gasteiger partial charge is 0.273 e. The molecule has 0 spiro atoms. The highest BCUT2D eigenvalue weighted by Gasteiger charge is 2.42. The zero-order chi connectivity index (χ0) is 23.5. The van der Waals surface area contributed by atoms with Crippen molar-refractivity contribution in [2.75, 3.05) is 6.61 Å². The Hall–Kier alpha value is -4.13. The third-order valence-electron chi connectivity index (χ3n) is 6.06. The van der Waals surface area contributed by atoms with Crippen molar-refractivity contribution >= 4 is 5.91 Å². The van der Waals surface area contributed by atoms with Crippen LogP contribution < -0.4 is 4.74 Å². The predicted octanol–water partition coefficient (Wildman–Crippen LogP) is 5.10. The molecule has 0 radical (unpaired) electrons. The molecule has 0 fully saturated rings. The molecule has 0 saturated heterocycles. The number of unbranched alkanes of at least 4 members (excludes halogenated alkanes) is 1. The van der Waals surface area contributed by atoms with Crippen molar-refractivity contribution in [1.29, 1.82) is 0 Å². The van der Waals surface area contributed by atoms with Crippen molar-refractivity contribution in [2.45, 2.75) is 32.4 Å². The summed E-state index contributed by atoms with van der Waals surface area (Å²) in [6.45, 7) is 3.20. The SMILES string of the molecule is CCCCOc1ccc(C2c3c(-c4ccccc4O)n[nH]c3C(=O)N2Cc2cccnc2)cc1. The Labute approximate surface area is 198 Å². The van der Waals surface area contributed by atoms with Gasteiger partial charge in [-0.2, -0.15) is 5.10 Å². The van der Waals surface area contributed by atoms with Crippen molar-refractivity contribution in [2.24, 2.45) is 0 Å². The molecule has 2 N–H and O–H groups in total. The first-order chi connectivity index (χ1) is 16.7. The second-order valence-corrected chi connectivity index (χ2v) is 8.35. The summed E-state index contributed by atoms with van der Waals surface area (Å²) in [5.74, 6) is 0.781. The van der Waals surface area contributed by atoms with E-state index in [1.54, 1.807) is 24.5 Å². The first-order valence-electron chi connectivity index (χ1n) is 11.5. The van der Waals surface area contributed by atoms with Gasteiger partial charge in [-0.05, 0) is 47.9 Å². The molecule has 172 valence electrons. The van der Waals surface area contributed by atoms with E-state index in [-0.39, 0.29) is 17.7 Å². The molecule has 7 heteroatoms. The summed E-state index contributed by atoms with van der Waals surface area (Å²) >= 11 is 0. The summed E-state index contributed by atoms with van der Waals surface area (Å²) in [7, 11) is 0. The summed E-state index contributed by atoms with van der Waals surface area (Å²) in [6.07, 6.45) is 5.56. The second kappa shape index (κ2) is 9.39. The summed E-state index contributed by atoms with van der Waals surface area (Å²) in [5, 5.41) is 17.9. The normalized spacial score (nSPS) is 14.9. The highest BCUT2D eigenvalue weighted by Crippen LogP contribution is 2.45. The maximum Gasteiger partial charge on any atom is 0.273 e. The Kier molecular flexibility index (Phi) is 5.99. The summed E-state index contributed by atoms with van der Waals surface area (Å²) in [4.78, 5) is 19.5. The number of hydrogen-bond donors (Lipinski definition) is 2. The quantitative estimate of drug-likeness (QED) is 0.361. The molecule has 7 nitrogen and oxygen atoms in total. The standard InChI is InChI=1S/C27H26N4O3/c1-2-3-15-34-20-12-10-19(11-13-20)26-23-24(21-8-4-5-9-22(21)32)29-30-25(23)27(33)31(26)17-18-7-6-14-28-16-18/h4-14,16,26,32H,2-3,15,17H2,1H3,(H,29,30). The average Bonchev–Trinajstić information content (AvgIpc) is 3.40. The summed E-state index contributed by atoms with van der Waals surface area (Å²) in [6, 6.07) is 18.3. The third-order valence-corrected chi connectivity index (χ3v) is 6.06. The van der Waals surface area contributed by atoms with Gasteiger partial charge in [-0.15, -0.1) is 0 Å². The molecule has 0 bridgehead atoms. The number of aromatic amines is 1. The minimum absolute atomic E-state index is 0.119. The van der Waals surface area contributed by atoms with Crippen molar-refractivity contribution in [3.05, 3.63) is 95.4 Å². The molecule has 1 atom stereocenters. The molecule has 0 aliphatic carbocycles. The lowest BCUT2D eigenvalue weighted by Gasteiger charge is -2.26. The second-order valence-electron chi connectivity index (χ2n) is 8.35. The van der Waals surface area contributed by atoms with Gasteiger partial charge in [0, 0.05) is 30.1 Å².